The van der Waals surface area contributed by atoms with Gasteiger partial charge in [-0.05, 0) is 129 Å². The van der Waals surface area contributed by atoms with Gasteiger partial charge in [-0.25, -0.2) is 4.79 Å². The normalized spacial score (nSPS) is 13.6. The zero-order valence-electron chi connectivity index (χ0n) is 28.5. The Morgan fingerprint density at radius 2 is 1.62 bits per heavy atom. The minimum absolute atomic E-state index is 0.317. The quantitative estimate of drug-likeness (QED) is 0.160. The first-order valence-electron chi connectivity index (χ1n) is 17.4. The maximum Gasteiger partial charge on any atom is 0.411 e. The highest BCUT2D eigenvalue weighted by molar-refractivity contribution is 5.95. The molecule has 0 radical (unpaired) electrons. The molecule has 1 amide bonds. The summed E-state index contributed by atoms with van der Waals surface area (Å²) in [4.78, 5) is 29.7. The van der Waals surface area contributed by atoms with Crippen LogP contribution in [0.3, 0.4) is 0 Å². The Balaban J connectivity index is 1.33. The summed E-state index contributed by atoms with van der Waals surface area (Å²) in [6, 6.07) is 14.8. The van der Waals surface area contributed by atoms with Gasteiger partial charge in [0.25, 0.3) is 0 Å². The molecule has 1 heterocycles. The van der Waals surface area contributed by atoms with Crippen molar-refractivity contribution >= 4 is 23.3 Å². The van der Waals surface area contributed by atoms with Crippen LogP contribution in [0.2, 0.25) is 0 Å². The number of ether oxygens (including phenoxy) is 1. The summed E-state index contributed by atoms with van der Waals surface area (Å²) in [5, 5.41) is 2.83. The van der Waals surface area contributed by atoms with Gasteiger partial charge in [0, 0.05) is 30.4 Å². The second-order valence-corrected chi connectivity index (χ2v) is 12.5. The Morgan fingerprint density at radius 3 is 2.31 bits per heavy atom. The van der Waals surface area contributed by atoms with Gasteiger partial charge in [-0.15, -0.1) is 0 Å². The molecule has 0 bridgehead atoms. The third kappa shape index (κ3) is 12.4. The van der Waals surface area contributed by atoms with E-state index in [2.05, 4.69) is 82.4 Å². The Labute approximate surface area is 272 Å². The van der Waals surface area contributed by atoms with Crippen LogP contribution in [0, 0.1) is 6.92 Å². The van der Waals surface area contributed by atoms with E-state index in [4.69, 9.17) is 9.73 Å². The predicted octanol–water partition coefficient (Wildman–Crippen LogP) is 11.2. The molecule has 0 fully saturated rings. The van der Waals surface area contributed by atoms with Crippen LogP contribution >= 0.6 is 0 Å². The molecular weight excluding hydrogens is 556 g/mol. The number of rotatable bonds is 19. The summed E-state index contributed by atoms with van der Waals surface area (Å²) in [6.07, 6.45) is 17.9. The van der Waals surface area contributed by atoms with Crippen LogP contribution < -0.4 is 5.32 Å². The molecular formula is C40H56N2O3. The maximum absolute atomic E-state index is 12.7. The highest BCUT2D eigenvalue weighted by Crippen LogP contribution is 2.27. The van der Waals surface area contributed by atoms with Crippen LogP contribution in [0.1, 0.15) is 139 Å². The standard InChI is InChI=1S/C40H56N2O3/c1-6-14-33(9-4)36-21-20-35(30(5)27-36)28-39(43)19-11-10-17-37-18-12-15-31(29-41-37)16-13-26-45-40(44)42-38-24-22-34(23-25-38)32(7-2)8-3/h12,18,20-25,27,29,32-33H,6-11,13-17,19,26,28H2,1-5H3,(H,42,44). The Morgan fingerprint density at radius 1 is 0.889 bits per heavy atom. The molecule has 3 rings (SSSR count). The van der Waals surface area contributed by atoms with Gasteiger partial charge < -0.3 is 4.74 Å². The van der Waals surface area contributed by atoms with Gasteiger partial charge in [-0.2, -0.15) is 0 Å². The Bertz CT molecular complexity index is 1300. The first-order chi connectivity index (χ1) is 21.9. The number of aliphatic imine (C=N–C) groups is 1. The molecule has 5 heteroatoms. The molecule has 0 saturated carbocycles. The summed E-state index contributed by atoms with van der Waals surface area (Å²) in [7, 11) is 0. The van der Waals surface area contributed by atoms with E-state index < -0.39 is 6.09 Å². The number of nitrogens with one attached hydrogen (secondary N) is 1. The molecule has 1 aliphatic heterocycles. The number of allylic oxidation sites excluding steroid dienone is 3. The van der Waals surface area contributed by atoms with Crippen molar-refractivity contribution in [1.82, 2.24) is 0 Å². The van der Waals surface area contributed by atoms with Crippen molar-refractivity contribution in [3.05, 3.63) is 88.6 Å². The first-order valence-corrected chi connectivity index (χ1v) is 17.4. The highest BCUT2D eigenvalue weighted by atomic mass is 16.5. The number of hydrogen-bond donors (Lipinski definition) is 1. The lowest BCUT2D eigenvalue weighted by molar-refractivity contribution is -0.118. The van der Waals surface area contributed by atoms with E-state index >= 15 is 0 Å². The highest BCUT2D eigenvalue weighted by Gasteiger charge is 2.13. The molecule has 1 N–H and O–H groups in total. The maximum atomic E-state index is 12.7. The molecule has 2 aromatic rings. The van der Waals surface area contributed by atoms with E-state index in [-0.39, 0.29) is 0 Å². The number of amides is 1. The molecule has 0 spiro atoms. The number of nitrogens with zero attached hydrogens (tertiary/aromatic N) is 1. The van der Waals surface area contributed by atoms with Crippen molar-refractivity contribution in [2.24, 2.45) is 4.99 Å². The van der Waals surface area contributed by atoms with Crippen LogP contribution in [0.15, 0.2) is 71.4 Å². The zero-order valence-corrected chi connectivity index (χ0v) is 28.5. The van der Waals surface area contributed by atoms with Gasteiger partial charge in [-0.1, -0.05) is 70.5 Å². The summed E-state index contributed by atoms with van der Waals surface area (Å²) >= 11 is 0. The van der Waals surface area contributed by atoms with Crippen LogP contribution in [-0.4, -0.2) is 24.2 Å². The number of hydrogen-bond acceptors (Lipinski definition) is 4. The van der Waals surface area contributed by atoms with Crippen LogP contribution in [0.5, 0.6) is 0 Å². The lowest BCUT2D eigenvalue weighted by Gasteiger charge is -2.16. The average molecular weight is 613 g/mol. The minimum Gasteiger partial charge on any atom is -0.449 e. The number of anilines is 1. The van der Waals surface area contributed by atoms with Gasteiger partial charge in [0.1, 0.15) is 5.78 Å². The largest absolute Gasteiger partial charge is 0.449 e. The monoisotopic (exact) mass is 612 g/mol. The summed E-state index contributed by atoms with van der Waals surface area (Å²) in [5.74, 6) is 1.49. The SMILES string of the molecule is CCCC(CC)c1ccc(CC(=O)CCCCC2=NC=C(CCCOC(=O)Nc3ccc(C(CC)CC)cc3)CC=C2)c(C)c1. The molecule has 1 aliphatic rings. The van der Waals surface area contributed by atoms with E-state index in [0.29, 0.717) is 37.1 Å². The van der Waals surface area contributed by atoms with E-state index in [0.717, 1.165) is 74.7 Å². The number of carbonyl (C=O) groups is 2. The van der Waals surface area contributed by atoms with Gasteiger partial charge in [-0.3, -0.25) is 15.1 Å². The second kappa shape index (κ2) is 19.8. The van der Waals surface area contributed by atoms with E-state index in [1.165, 1.54) is 35.1 Å². The summed E-state index contributed by atoms with van der Waals surface area (Å²) < 4.78 is 5.41. The fourth-order valence-electron chi connectivity index (χ4n) is 6.20. The Kier molecular flexibility index (Phi) is 15.9. The van der Waals surface area contributed by atoms with E-state index in [1.807, 2.05) is 18.3 Å². The molecule has 1 atom stereocenters. The van der Waals surface area contributed by atoms with Crippen LogP contribution in [0.4, 0.5) is 10.5 Å². The first kappa shape index (κ1) is 36.0. The number of benzene rings is 2. The van der Waals surface area contributed by atoms with Crippen molar-refractivity contribution in [3.63, 3.8) is 0 Å². The van der Waals surface area contributed by atoms with Crippen molar-refractivity contribution in [2.75, 3.05) is 11.9 Å². The third-order valence-electron chi connectivity index (χ3n) is 9.09. The minimum atomic E-state index is -0.417. The molecule has 244 valence electrons. The topological polar surface area (TPSA) is 67.8 Å². The van der Waals surface area contributed by atoms with Gasteiger partial charge in [0.05, 0.1) is 6.61 Å². The third-order valence-corrected chi connectivity index (χ3v) is 9.09. The van der Waals surface area contributed by atoms with Crippen molar-refractivity contribution in [3.8, 4) is 0 Å². The van der Waals surface area contributed by atoms with Crippen molar-refractivity contribution in [2.45, 2.75) is 130 Å². The fourth-order valence-corrected chi connectivity index (χ4v) is 6.20. The number of unbranched alkanes of at least 4 members (excludes halogenated alkanes) is 1. The summed E-state index contributed by atoms with van der Waals surface area (Å²) in [5.41, 5.74) is 8.17. The van der Waals surface area contributed by atoms with Crippen LogP contribution in [-0.2, 0) is 16.0 Å². The zero-order chi connectivity index (χ0) is 32.4. The van der Waals surface area contributed by atoms with Crippen LogP contribution in [0.25, 0.3) is 0 Å². The molecule has 45 heavy (non-hydrogen) atoms. The molecule has 0 saturated heterocycles. The average Bonchev–Trinajstić information content (AvgIpc) is 3.27. The molecule has 1 unspecified atom stereocenters. The number of carbonyl (C=O) groups excluding carboxylic acids is 2. The summed E-state index contributed by atoms with van der Waals surface area (Å²) in [6.45, 7) is 11.4. The van der Waals surface area contributed by atoms with Gasteiger partial charge in [0.2, 0.25) is 0 Å². The predicted molar refractivity (Wildman–Crippen MR) is 190 cm³/mol. The molecule has 5 nitrogen and oxygen atoms in total. The van der Waals surface area contributed by atoms with Gasteiger partial charge >= 0.3 is 6.09 Å². The Hall–Kier alpha value is -3.47. The van der Waals surface area contributed by atoms with Crippen molar-refractivity contribution in [1.29, 1.82) is 0 Å². The number of aryl methyl sites for hydroxylation is 1. The molecule has 2 aromatic carbocycles. The molecule has 0 aliphatic carbocycles. The second-order valence-electron chi connectivity index (χ2n) is 12.5. The number of Topliss-reactive ketones (excluding diaryl/α,β-unsaturated/α-hetero) is 1. The lowest BCUT2D eigenvalue weighted by Crippen LogP contribution is -2.14. The number of ketones is 1. The van der Waals surface area contributed by atoms with E-state index in [9.17, 15) is 9.59 Å². The lowest BCUT2D eigenvalue weighted by atomic mass is 9.89. The van der Waals surface area contributed by atoms with E-state index in [1.54, 1.807) is 0 Å². The fraction of sp³-hybridized carbons (Fsp3) is 0.525. The van der Waals surface area contributed by atoms with Gasteiger partial charge in [0.15, 0.2) is 0 Å². The van der Waals surface area contributed by atoms with Crippen molar-refractivity contribution < 1.29 is 14.3 Å². The smallest absolute Gasteiger partial charge is 0.411 e. The molecule has 0 aromatic heterocycles.